The molecule has 2 rings (SSSR count). The van der Waals surface area contributed by atoms with E-state index in [2.05, 4.69) is 0 Å². The van der Waals surface area contributed by atoms with Gasteiger partial charge in [0.25, 0.3) is 0 Å². The van der Waals surface area contributed by atoms with E-state index < -0.39 is 52.6 Å². The fourth-order valence-electron chi connectivity index (χ4n) is 3.52. The van der Waals surface area contributed by atoms with Gasteiger partial charge in [0.05, 0.1) is 19.6 Å². The molecule has 2 heterocycles. The maximum atomic E-state index is 13.0. The fourth-order valence-corrected chi connectivity index (χ4v) is 3.52. The van der Waals surface area contributed by atoms with Crippen molar-refractivity contribution in [1.29, 1.82) is 0 Å². The van der Waals surface area contributed by atoms with E-state index in [1.54, 1.807) is 6.92 Å². The maximum Gasteiger partial charge on any atom is 0.317 e. The van der Waals surface area contributed by atoms with Crippen LogP contribution in [0.25, 0.3) is 0 Å². The number of fused-ring (bicyclic) bond motifs is 2. The standard InChI is InChI=1S/C17H22O8/c1-6-24-15(21)12-10(9(2)18)11(14(20)22-4)13(19)16(3)7-8-17(12,23-5)25-16/h7-8,10-12H,6H2,1-5H3/t10?,11?,12-,16-,17+/m0/s1. The third-order valence-corrected chi connectivity index (χ3v) is 4.71. The molecule has 0 radical (unpaired) electrons. The molecule has 1 saturated heterocycles. The molecule has 0 saturated carbocycles. The minimum Gasteiger partial charge on any atom is -0.468 e. The molecular weight excluding hydrogens is 332 g/mol. The minimum atomic E-state index is -1.68. The highest BCUT2D eigenvalue weighted by Crippen LogP contribution is 2.48. The van der Waals surface area contributed by atoms with Gasteiger partial charge in [0.1, 0.15) is 23.2 Å². The van der Waals surface area contributed by atoms with Crippen molar-refractivity contribution >= 4 is 23.5 Å². The number of carbonyl (C=O) groups is 4. The minimum absolute atomic E-state index is 0.0531. The molecule has 0 amide bonds. The Labute approximate surface area is 145 Å². The monoisotopic (exact) mass is 354 g/mol. The number of carbonyl (C=O) groups excluding carboxylic acids is 4. The van der Waals surface area contributed by atoms with Crippen LogP contribution in [0.3, 0.4) is 0 Å². The predicted octanol–water partition coefficient (Wildman–Crippen LogP) is 0.431. The first kappa shape index (κ1) is 19.3. The molecule has 1 fully saturated rings. The summed E-state index contributed by atoms with van der Waals surface area (Å²) in [5.74, 6) is -8.74. The second kappa shape index (κ2) is 6.68. The summed E-state index contributed by atoms with van der Waals surface area (Å²) in [5.41, 5.74) is -1.52. The molecule has 0 N–H and O–H groups in total. The zero-order valence-electron chi connectivity index (χ0n) is 14.9. The van der Waals surface area contributed by atoms with Crippen LogP contribution in [-0.4, -0.2) is 55.7 Å². The van der Waals surface area contributed by atoms with E-state index in [0.29, 0.717) is 0 Å². The average molecular weight is 354 g/mol. The number of hydrogen-bond acceptors (Lipinski definition) is 8. The molecular formula is C17H22O8. The molecule has 0 aromatic carbocycles. The van der Waals surface area contributed by atoms with Gasteiger partial charge in [-0.05, 0) is 32.9 Å². The van der Waals surface area contributed by atoms with Crippen molar-refractivity contribution in [2.75, 3.05) is 20.8 Å². The highest BCUT2D eigenvalue weighted by molar-refractivity contribution is 6.09. The van der Waals surface area contributed by atoms with Crippen molar-refractivity contribution in [3.05, 3.63) is 12.2 Å². The third kappa shape index (κ3) is 2.89. The summed E-state index contributed by atoms with van der Waals surface area (Å²) in [6.45, 7) is 4.31. The van der Waals surface area contributed by atoms with E-state index in [1.165, 1.54) is 33.1 Å². The van der Waals surface area contributed by atoms with Crippen LogP contribution in [0.4, 0.5) is 0 Å². The molecule has 0 aliphatic carbocycles. The van der Waals surface area contributed by atoms with Crippen LogP contribution in [0.2, 0.25) is 0 Å². The summed E-state index contributed by atoms with van der Waals surface area (Å²) in [5, 5.41) is 0. The van der Waals surface area contributed by atoms with Crippen LogP contribution in [0, 0.1) is 17.8 Å². The Kier molecular flexibility index (Phi) is 5.15. The Balaban J connectivity index is 2.72. The molecule has 138 valence electrons. The molecule has 2 aliphatic rings. The van der Waals surface area contributed by atoms with E-state index in [4.69, 9.17) is 18.9 Å². The van der Waals surface area contributed by atoms with Gasteiger partial charge in [-0.3, -0.25) is 19.2 Å². The first-order valence-corrected chi connectivity index (χ1v) is 7.92. The van der Waals surface area contributed by atoms with Gasteiger partial charge in [-0.25, -0.2) is 0 Å². The lowest BCUT2D eigenvalue weighted by atomic mass is 9.70. The first-order valence-electron chi connectivity index (χ1n) is 7.92. The Morgan fingerprint density at radius 2 is 1.84 bits per heavy atom. The first-order chi connectivity index (χ1) is 11.7. The molecule has 2 unspecified atom stereocenters. The average Bonchev–Trinajstić information content (AvgIpc) is 2.89. The molecule has 2 bridgehead atoms. The quantitative estimate of drug-likeness (QED) is 0.398. The Bertz CT molecular complexity index is 639. The topological polar surface area (TPSA) is 105 Å². The van der Waals surface area contributed by atoms with Crippen molar-refractivity contribution in [3.8, 4) is 0 Å². The predicted molar refractivity (Wildman–Crippen MR) is 83.2 cm³/mol. The number of rotatable bonds is 5. The summed E-state index contributed by atoms with van der Waals surface area (Å²) in [6.07, 6.45) is 2.85. The van der Waals surface area contributed by atoms with E-state index in [1.807, 2.05) is 0 Å². The van der Waals surface area contributed by atoms with E-state index in [0.717, 1.165) is 7.11 Å². The van der Waals surface area contributed by atoms with E-state index in [9.17, 15) is 19.2 Å². The largest absolute Gasteiger partial charge is 0.468 e. The summed E-state index contributed by atoms with van der Waals surface area (Å²) < 4.78 is 21.0. The number of esters is 2. The zero-order chi connectivity index (χ0) is 19.0. The Morgan fingerprint density at radius 3 is 2.32 bits per heavy atom. The van der Waals surface area contributed by atoms with Crippen molar-refractivity contribution in [2.45, 2.75) is 32.2 Å². The lowest BCUT2D eigenvalue weighted by Crippen LogP contribution is -2.51. The Hall–Kier alpha value is -2.06. The summed E-state index contributed by atoms with van der Waals surface area (Å²) in [4.78, 5) is 50.3. The molecule has 0 spiro atoms. The molecule has 0 aromatic rings. The van der Waals surface area contributed by atoms with E-state index >= 15 is 0 Å². The van der Waals surface area contributed by atoms with Crippen LogP contribution < -0.4 is 0 Å². The normalized spacial score (nSPS) is 36.7. The van der Waals surface area contributed by atoms with Crippen molar-refractivity contribution in [3.63, 3.8) is 0 Å². The molecule has 2 aliphatic heterocycles. The Morgan fingerprint density at radius 1 is 1.20 bits per heavy atom. The number of hydrogen-bond donors (Lipinski definition) is 0. The van der Waals surface area contributed by atoms with Crippen LogP contribution in [-0.2, 0) is 38.1 Å². The van der Waals surface area contributed by atoms with Gasteiger partial charge in [-0.15, -0.1) is 0 Å². The molecule has 8 nitrogen and oxygen atoms in total. The number of ketones is 2. The molecule has 5 atom stereocenters. The van der Waals surface area contributed by atoms with Crippen LogP contribution >= 0.6 is 0 Å². The number of Topliss-reactive ketones (excluding diaryl/α,β-unsaturated/α-hetero) is 2. The van der Waals surface area contributed by atoms with Gasteiger partial charge in [0.2, 0.25) is 5.79 Å². The van der Waals surface area contributed by atoms with Gasteiger partial charge in [-0.2, -0.15) is 0 Å². The van der Waals surface area contributed by atoms with Gasteiger partial charge >= 0.3 is 11.9 Å². The van der Waals surface area contributed by atoms with Crippen LogP contribution in [0.1, 0.15) is 20.8 Å². The highest BCUT2D eigenvalue weighted by Gasteiger charge is 2.65. The zero-order valence-corrected chi connectivity index (χ0v) is 14.9. The van der Waals surface area contributed by atoms with E-state index in [-0.39, 0.29) is 6.61 Å². The van der Waals surface area contributed by atoms with Crippen LogP contribution in [0.5, 0.6) is 0 Å². The SMILES string of the molecule is CCOC(=O)[C@@H]1C(C(C)=O)C(C(=O)OC)C(=O)[C@]2(C)C=C[C@@]1(OC)O2. The summed E-state index contributed by atoms with van der Waals surface area (Å²) in [7, 11) is 2.41. The summed E-state index contributed by atoms with van der Waals surface area (Å²) in [6, 6.07) is 0. The third-order valence-electron chi connectivity index (χ3n) is 4.71. The second-order valence-corrected chi connectivity index (χ2v) is 6.20. The second-order valence-electron chi connectivity index (χ2n) is 6.20. The van der Waals surface area contributed by atoms with Gasteiger partial charge in [-0.1, -0.05) is 0 Å². The summed E-state index contributed by atoms with van der Waals surface area (Å²) >= 11 is 0. The van der Waals surface area contributed by atoms with Crippen molar-refractivity contribution in [2.24, 2.45) is 17.8 Å². The van der Waals surface area contributed by atoms with Gasteiger partial charge in [0.15, 0.2) is 5.78 Å². The lowest BCUT2D eigenvalue weighted by molar-refractivity contribution is -0.245. The molecule has 8 heteroatoms. The van der Waals surface area contributed by atoms with Crippen molar-refractivity contribution in [1.82, 2.24) is 0 Å². The molecule has 25 heavy (non-hydrogen) atoms. The highest BCUT2D eigenvalue weighted by atomic mass is 16.7. The number of methoxy groups -OCH3 is 2. The lowest BCUT2D eigenvalue weighted by Gasteiger charge is -2.36. The molecule has 0 aromatic heterocycles. The fraction of sp³-hybridized carbons (Fsp3) is 0.647. The van der Waals surface area contributed by atoms with Gasteiger partial charge < -0.3 is 18.9 Å². The smallest absolute Gasteiger partial charge is 0.317 e. The van der Waals surface area contributed by atoms with Crippen LogP contribution in [0.15, 0.2) is 12.2 Å². The number of ether oxygens (including phenoxy) is 4. The van der Waals surface area contributed by atoms with Crippen molar-refractivity contribution < 1.29 is 38.1 Å². The maximum absolute atomic E-state index is 13.0. The van der Waals surface area contributed by atoms with Gasteiger partial charge in [0, 0.05) is 7.11 Å².